The fourth-order valence-electron chi connectivity index (χ4n) is 0. The average molecular weight is 384 g/mol. The van der Waals surface area contributed by atoms with Crippen LogP contribution in [0, 0.1) is 0 Å². The molecule has 0 aromatic heterocycles. The van der Waals surface area contributed by atoms with E-state index in [1.54, 1.807) is 0 Å². The quantitative estimate of drug-likeness (QED) is 0.136. The molecule has 0 aliphatic carbocycles. The summed E-state index contributed by atoms with van der Waals surface area (Å²) in [5.41, 5.74) is 0. The second-order valence-corrected chi connectivity index (χ2v) is 2.71. The fraction of sp³-hybridized carbons (Fsp3) is 0. The molecule has 0 fully saturated rings. The van der Waals surface area contributed by atoms with Gasteiger partial charge in [0.15, 0.2) is 0 Å². The summed E-state index contributed by atoms with van der Waals surface area (Å²) in [4.78, 5) is 0. The van der Waals surface area contributed by atoms with Crippen LogP contribution < -0.4 is 40.7 Å². The molecule has 0 aromatic carbocycles. The predicted molar refractivity (Wildman–Crippen MR) is 66.6 cm³/mol. The van der Waals surface area contributed by atoms with Gasteiger partial charge in [-0.2, -0.15) is 8.42 Å². The largest absolute Gasteiger partial charge is 1.00 e. The molecule has 23 heteroatoms. The van der Waals surface area contributed by atoms with Crippen LogP contribution in [-0.4, -0.2) is 102 Å². The molecule has 0 aliphatic rings. The van der Waals surface area contributed by atoms with E-state index in [0.717, 1.165) is 0 Å². The molecule has 0 atom stereocenters. The molecule has 17 nitrogen and oxygen atoms in total. The van der Waals surface area contributed by atoms with E-state index >= 15 is 0 Å². The van der Waals surface area contributed by atoms with Crippen LogP contribution >= 0.6 is 0 Å². The van der Waals surface area contributed by atoms with Gasteiger partial charge in [0.1, 0.15) is 0 Å². The third-order valence-corrected chi connectivity index (χ3v) is 0. The maximum Gasteiger partial charge on any atom is 1.00 e. The topological polar surface area (TPSA) is 355 Å². The molecule has 0 spiro atoms. The van der Waals surface area contributed by atoms with Gasteiger partial charge in [-0.1, -0.05) is 0 Å². The molecule has 0 saturated carbocycles. The SMILES string of the molecule is N.O=S(=O)(O)O.OB(O)O.OB(O)O.OB(O)O.[Na+].[O-]B(O)O. The Labute approximate surface area is 153 Å². The maximum absolute atomic E-state index is 8.74. The predicted octanol–water partition coefficient (Wildman–Crippen LogP) is -12.3. The van der Waals surface area contributed by atoms with Crippen LogP contribution in [0.25, 0.3) is 0 Å². The normalized spacial score (nSPS) is 7.22. The molecule has 0 bridgehead atoms. The van der Waals surface area contributed by atoms with E-state index in [-0.39, 0.29) is 35.7 Å². The van der Waals surface area contributed by atoms with Crippen molar-refractivity contribution in [3.8, 4) is 0 Å². The monoisotopic (exact) mass is 385 g/mol. The van der Waals surface area contributed by atoms with Crippen LogP contribution in [0.5, 0.6) is 0 Å². The Morgan fingerprint density at radius 3 is 0.609 bits per heavy atom. The van der Waals surface area contributed by atoms with Crippen molar-refractivity contribution in [1.82, 2.24) is 6.15 Å². The summed E-state index contributed by atoms with van der Waals surface area (Å²) < 4.78 is 31.6. The van der Waals surface area contributed by atoms with Gasteiger partial charge in [-0.15, -0.1) is 0 Å². The Hall–Kier alpha value is 0.610. The standard InChI is InChI=1S/3BH3O3.BH2O3.H3N.Na.H2O4S/c4*2-1(3)4;;;1-5(2,3)4/h3*2-4H;2-3H;1H3;;(H2,1,2,3,4)/q;;;-1;;+1;. The first kappa shape index (κ1) is 43.7. The second kappa shape index (κ2) is 30.5. The van der Waals surface area contributed by atoms with Crippen molar-refractivity contribution in [2.75, 3.05) is 0 Å². The molecule has 136 valence electrons. The van der Waals surface area contributed by atoms with Crippen molar-refractivity contribution in [1.29, 1.82) is 0 Å². The zero-order chi connectivity index (χ0) is 18.8. The third kappa shape index (κ3) is 25800. The second-order valence-electron chi connectivity index (χ2n) is 1.81. The van der Waals surface area contributed by atoms with E-state index in [0.29, 0.717) is 0 Å². The van der Waals surface area contributed by atoms with E-state index in [1.807, 2.05) is 0 Å². The van der Waals surface area contributed by atoms with Gasteiger partial charge in [-0.25, -0.2) is 0 Å². The molecule has 0 aliphatic heterocycles. The molecule has 0 saturated heterocycles. The minimum atomic E-state index is -4.67. The van der Waals surface area contributed by atoms with Crippen molar-refractivity contribution in [2.45, 2.75) is 0 Å². The first-order valence-electron chi connectivity index (χ1n) is 3.77. The molecular weight excluding hydrogens is 368 g/mol. The van der Waals surface area contributed by atoms with Gasteiger partial charge in [-0.3, -0.25) is 9.11 Å². The average Bonchev–Trinajstić information content (AvgIpc) is 1.91. The molecule has 0 radical (unpaired) electrons. The van der Waals surface area contributed by atoms with Crippen LogP contribution in [0.2, 0.25) is 0 Å². The fourth-order valence-corrected chi connectivity index (χ4v) is 0. The van der Waals surface area contributed by atoms with Gasteiger partial charge in [0, 0.05) is 0 Å². The van der Waals surface area contributed by atoms with Crippen molar-refractivity contribution in [3.05, 3.63) is 0 Å². The van der Waals surface area contributed by atoms with Crippen LogP contribution in [0.3, 0.4) is 0 Å². The summed E-state index contributed by atoms with van der Waals surface area (Å²) in [7, 11) is -13.6. The Morgan fingerprint density at radius 2 is 0.609 bits per heavy atom. The smallest absolute Gasteiger partial charge is 0.832 e. The summed E-state index contributed by atoms with van der Waals surface area (Å²) in [5.74, 6) is 0. The van der Waals surface area contributed by atoms with Crippen molar-refractivity contribution in [3.63, 3.8) is 0 Å². The maximum atomic E-state index is 8.74. The van der Waals surface area contributed by atoms with Crippen LogP contribution in [-0.2, 0) is 10.4 Å². The number of rotatable bonds is 0. The Kier molecular flexibility index (Phi) is 58.0. The molecule has 0 amide bonds. The Balaban J connectivity index is -0.0000000273. The first-order valence-corrected chi connectivity index (χ1v) is 5.17. The zero-order valence-electron chi connectivity index (χ0n) is 11.5. The Morgan fingerprint density at radius 1 is 0.609 bits per heavy atom. The van der Waals surface area contributed by atoms with Crippen LogP contribution in [0.15, 0.2) is 0 Å². The van der Waals surface area contributed by atoms with Crippen molar-refractivity contribution < 1.29 is 107 Å². The van der Waals surface area contributed by atoms with Crippen molar-refractivity contribution >= 4 is 39.7 Å². The number of hydrogen-bond acceptors (Lipinski definition) is 15. The minimum Gasteiger partial charge on any atom is -0.832 e. The van der Waals surface area contributed by atoms with Gasteiger partial charge in [0.25, 0.3) is 0 Å². The molecule has 0 rings (SSSR count). The third-order valence-electron chi connectivity index (χ3n) is 0. The van der Waals surface area contributed by atoms with E-state index in [1.165, 1.54) is 0 Å². The van der Waals surface area contributed by atoms with Crippen LogP contribution in [0.4, 0.5) is 0 Å². The molecule has 0 unspecified atom stereocenters. The summed E-state index contributed by atoms with van der Waals surface area (Å²) in [6, 6.07) is 0. The van der Waals surface area contributed by atoms with Gasteiger partial charge in [-0.05, 0) is 0 Å². The summed E-state index contributed by atoms with van der Waals surface area (Å²) in [6.45, 7) is 0. The minimum absolute atomic E-state index is 0. The number of hydrogen-bond donors (Lipinski definition) is 14. The molecule has 16 N–H and O–H groups in total. The first-order chi connectivity index (χ1) is 8.93. The molecule has 0 heterocycles. The van der Waals surface area contributed by atoms with E-state index in [4.69, 9.17) is 77.8 Å². The molecule has 0 aromatic rings. The van der Waals surface area contributed by atoms with Gasteiger partial charge < -0.3 is 66.4 Å². The molecular formula is H16B4NNaO16S. The van der Waals surface area contributed by atoms with E-state index in [2.05, 4.69) is 0 Å². The van der Waals surface area contributed by atoms with Gasteiger partial charge in [0.2, 0.25) is 0 Å². The van der Waals surface area contributed by atoms with Crippen molar-refractivity contribution in [2.24, 2.45) is 0 Å². The summed E-state index contributed by atoms with van der Waals surface area (Å²) in [6.07, 6.45) is 0. The van der Waals surface area contributed by atoms with Crippen LogP contribution in [0.1, 0.15) is 0 Å². The van der Waals surface area contributed by atoms with E-state index < -0.39 is 39.7 Å². The molecule has 23 heavy (non-hydrogen) atoms. The van der Waals surface area contributed by atoms with Gasteiger partial charge in [0.05, 0.1) is 0 Å². The van der Waals surface area contributed by atoms with E-state index in [9.17, 15) is 0 Å². The van der Waals surface area contributed by atoms with Gasteiger partial charge >= 0.3 is 69.2 Å². The summed E-state index contributed by atoms with van der Waals surface area (Å²) >= 11 is 0. The Bertz CT molecular complexity index is 212. The zero-order valence-corrected chi connectivity index (χ0v) is 14.3. The summed E-state index contributed by atoms with van der Waals surface area (Å²) in [5, 5.41) is 87.2.